The zero-order valence-electron chi connectivity index (χ0n) is 17.0. The van der Waals surface area contributed by atoms with Gasteiger partial charge in [0.05, 0.1) is 0 Å². The maximum atomic E-state index is 13.7. The van der Waals surface area contributed by atoms with Crippen molar-refractivity contribution in [1.29, 1.82) is 0 Å². The van der Waals surface area contributed by atoms with Crippen LogP contribution in [-0.4, -0.2) is 83.5 Å². The zero-order valence-corrected chi connectivity index (χ0v) is 17.9. The zero-order chi connectivity index (χ0) is 20.7. The lowest BCUT2D eigenvalue weighted by atomic mass is 9.79. The van der Waals surface area contributed by atoms with E-state index in [-0.39, 0.29) is 30.9 Å². The van der Waals surface area contributed by atoms with Crippen LogP contribution in [0.5, 0.6) is 0 Å². The molecule has 2 heterocycles. The molecule has 162 valence electrons. The van der Waals surface area contributed by atoms with E-state index in [0.29, 0.717) is 25.9 Å². The fourth-order valence-electron chi connectivity index (χ4n) is 4.68. The Hall–Kier alpha value is -0.265. The minimum Gasteiger partial charge on any atom is -0.427 e. The number of rotatable bonds is 9. The standard InChI is InChI=1S/C17H36BN5O4S/c1-13(17(20)6-7-17)23(15-5-9-21-10-15)28(26,27)22-11-14(16(2,19)12-22)4-3-8-18(24)25/h13-15,21,24-25H,3-12,19-20H2,1-2H3/t13?,14-,15?,16-/m0/s1. The molecule has 1 aliphatic carbocycles. The summed E-state index contributed by atoms with van der Waals surface area (Å²) >= 11 is 0. The van der Waals surface area contributed by atoms with Gasteiger partial charge in [0.1, 0.15) is 0 Å². The number of nitrogens with two attached hydrogens (primary N) is 2. The third kappa shape index (κ3) is 4.56. The molecule has 0 aromatic carbocycles. The first-order chi connectivity index (χ1) is 13.0. The third-order valence-corrected chi connectivity index (χ3v) is 8.99. The van der Waals surface area contributed by atoms with Gasteiger partial charge in [-0.15, -0.1) is 0 Å². The molecule has 0 radical (unpaired) electrons. The van der Waals surface area contributed by atoms with E-state index in [2.05, 4.69) is 5.32 Å². The van der Waals surface area contributed by atoms with Gasteiger partial charge in [-0.2, -0.15) is 17.0 Å². The van der Waals surface area contributed by atoms with E-state index in [4.69, 9.17) is 21.5 Å². The summed E-state index contributed by atoms with van der Waals surface area (Å²) in [5, 5.41) is 21.4. The van der Waals surface area contributed by atoms with Crippen LogP contribution in [0.25, 0.3) is 0 Å². The van der Waals surface area contributed by atoms with Crippen molar-refractivity contribution >= 4 is 17.3 Å². The van der Waals surface area contributed by atoms with Gasteiger partial charge in [-0.3, -0.25) is 0 Å². The quantitative estimate of drug-likeness (QED) is 0.293. The molecule has 3 rings (SSSR count). The Balaban J connectivity index is 1.77. The first-order valence-electron chi connectivity index (χ1n) is 10.4. The summed E-state index contributed by atoms with van der Waals surface area (Å²) < 4.78 is 30.5. The first kappa shape index (κ1) is 22.4. The van der Waals surface area contributed by atoms with Crippen LogP contribution in [0.15, 0.2) is 0 Å². The number of nitrogens with zero attached hydrogens (tertiary/aromatic N) is 2. The van der Waals surface area contributed by atoms with Gasteiger partial charge in [0.25, 0.3) is 10.2 Å². The van der Waals surface area contributed by atoms with E-state index in [1.54, 1.807) is 4.31 Å². The molecule has 0 spiro atoms. The van der Waals surface area contributed by atoms with E-state index in [1.807, 2.05) is 13.8 Å². The van der Waals surface area contributed by atoms with E-state index >= 15 is 0 Å². The van der Waals surface area contributed by atoms with Gasteiger partial charge in [-0.25, -0.2) is 0 Å². The van der Waals surface area contributed by atoms with Gasteiger partial charge in [-0.05, 0) is 58.3 Å². The van der Waals surface area contributed by atoms with Crippen LogP contribution in [-0.2, 0) is 10.2 Å². The highest BCUT2D eigenvalue weighted by molar-refractivity contribution is 7.86. The second-order valence-corrected chi connectivity index (χ2v) is 11.1. The van der Waals surface area contributed by atoms with Crippen LogP contribution in [0, 0.1) is 5.92 Å². The van der Waals surface area contributed by atoms with Crippen molar-refractivity contribution in [2.45, 2.75) is 75.4 Å². The second kappa shape index (κ2) is 8.11. The predicted molar refractivity (Wildman–Crippen MR) is 110 cm³/mol. The van der Waals surface area contributed by atoms with Crippen molar-refractivity contribution in [1.82, 2.24) is 13.9 Å². The predicted octanol–water partition coefficient (Wildman–Crippen LogP) is -1.32. The number of nitrogens with one attached hydrogen (secondary N) is 1. The van der Waals surface area contributed by atoms with Crippen LogP contribution in [0.2, 0.25) is 6.32 Å². The molecule has 1 saturated carbocycles. The fraction of sp³-hybridized carbons (Fsp3) is 1.00. The Morgan fingerprint density at radius 3 is 2.57 bits per heavy atom. The smallest absolute Gasteiger partial charge is 0.427 e. The molecular formula is C17H36BN5O4S. The third-order valence-electron chi connectivity index (χ3n) is 6.92. The summed E-state index contributed by atoms with van der Waals surface area (Å²) in [7, 11) is -5.04. The normalized spacial score (nSPS) is 34.1. The molecule has 28 heavy (non-hydrogen) atoms. The lowest BCUT2D eigenvalue weighted by Gasteiger charge is -2.38. The van der Waals surface area contributed by atoms with E-state index in [0.717, 1.165) is 25.8 Å². The van der Waals surface area contributed by atoms with Gasteiger partial charge in [-0.1, -0.05) is 6.42 Å². The first-order valence-corrected chi connectivity index (χ1v) is 11.8. The summed E-state index contributed by atoms with van der Waals surface area (Å²) in [5.74, 6) is -0.0207. The number of hydrogen-bond donors (Lipinski definition) is 5. The van der Waals surface area contributed by atoms with Gasteiger partial charge in [0.15, 0.2) is 0 Å². The lowest BCUT2D eigenvalue weighted by Crippen LogP contribution is -2.59. The molecule has 3 fully saturated rings. The van der Waals surface area contributed by atoms with Gasteiger partial charge in [0.2, 0.25) is 0 Å². The molecule has 3 aliphatic rings. The summed E-state index contributed by atoms with van der Waals surface area (Å²) in [6.45, 7) is 5.90. The highest BCUT2D eigenvalue weighted by atomic mass is 32.2. The number of hydrogen-bond acceptors (Lipinski definition) is 7. The Labute approximate surface area is 169 Å². The molecular weight excluding hydrogens is 381 g/mol. The summed E-state index contributed by atoms with van der Waals surface area (Å²) in [6, 6.07) is -0.344. The highest BCUT2D eigenvalue weighted by Gasteiger charge is 2.54. The van der Waals surface area contributed by atoms with Crippen LogP contribution in [0.1, 0.15) is 46.0 Å². The fourth-order valence-corrected chi connectivity index (χ4v) is 6.92. The molecule has 4 atom stereocenters. The molecule has 7 N–H and O–H groups in total. The molecule has 9 nitrogen and oxygen atoms in total. The average molecular weight is 417 g/mol. The Bertz CT molecular complexity index is 652. The van der Waals surface area contributed by atoms with Crippen LogP contribution < -0.4 is 16.8 Å². The van der Waals surface area contributed by atoms with Crippen molar-refractivity contribution in [3.8, 4) is 0 Å². The molecule has 2 unspecified atom stereocenters. The van der Waals surface area contributed by atoms with Crippen molar-refractivity contribution in [2.24, 2.45) is 17.4 Å². The molecule has 0 bridgehead atoms. The molecule has 0 aromatic rings. The van der Waals surface area contributed by atoms with Gasteiger partial charge in [0, 0.05) is 42.8 Å². The molecule has 11 heteroatoms. The average Bonchev–Trinajstić information content (AvgIpc) is 3.00. The summed E-state index contributed by atoms with van der Waals surface area (Å²) in [5.41, 5.74) is 11.8. The maximum Gasteiger partial charge on any atom is 0.451 e. The van der Waals surface area contributed by atoms with Crippen molar-refractivity contribution in [3.63, 3.8) is 0 Å². The summed E-state index contributed by atoms with van der Waals surface area (Å²) in [6.07, 6.45) is 4.01. The van der Waals surface area contributed by atoms with E-state index in [1.165, 1.54) is 4.31 Å². The molecule has 2 aliphatic heterocycles. The van der Waals surface area contributed by atoms with Crippen LogP contribution in [0.3, 0.4) is 0 Å². The second-order valence-electron chi connectivity index (χ2n) is 9.30. The minimum atomic E-state index is -3.70. The topological polar surface area (TPSA) is 145 Å². The monoisotopic (exact) mass is 417 g/mol. The van der Waals surface area contributed by atoms with Crippen molar-refractivity contribution in [2.75, 3.05) is 26.2 Å². The van der Waals surface area contributed by atoms with Crippen molar-refractivity contribution in [3.05, 3.63) is 0 Å². The Morgan fingerprint density at radius 2 is 2.04 bits per heavy atom. The van der Waals surface area contributed by atoms with Gasteiger partial charge >= 0.3 is 7.12 Å². The van der Waals surface area contributed by atoms with Gasteiger partial charge < -0.3 is 26.8 Å². The lowest BCUT2D eigenvalue weighted by molar-refractivity contribution is 0.217. The SMILES string of the molecule is CC(N(C1CCNC1)S(=O)(=O)N1C[C@H](CCCB(O)O)[C@@](C)(N)C1)C1(N)CC1. The molecule has 0 amide bonds. The molecule has 2 saturated heterocycles. The van der Waals surface area contributed by atoms with Crippen LogP contribution in [0.4, 0.5) is 0 Å². The Morgan fingerprint density at radius 1 is 1.36 bits per heavy atom. The van der Waals surface area contributed by atoms with Crippen molar-refractivity contribution < 1.29 is 18.5 Å². The highest BCUT2D eigenvalue weighted by Crippen LogP contribution is 2.41. The minimum absolute atomic E-state index is 0.0207. The van der Waals surface area contributed by atoms with E-state index in [9.17, 15) is 8.42 Å². The largest absolute Gasteiger partial charge is 0.451 e. The maximum absolute atomic E-state index is 13.7. The molecule has 0 aromatic heterocycles. The Kier molecular flexibility index (Phi) is 6.49. The summed E-state index contributed by atoms with van der Waals surface area (Å²) in [4.78, 5) is 0. The van der Waals surface area contributed by atoms with Crippen LogP contribution >= 0.6 is 0 Å². The van der Waals surface area contributed by atoms with E-state index < -0.39 is 28.4 Å².